The van der Waals surface area contributed by atoms with Crippen molar-refractivity contribution < 1.29 is 18.7 Å². The summed E-state index contributed by atoms with van der Waals surface area (Å²) in [6.07, 6.45) is 0.633. The fraction of sp³-hybridized carbons (Fsp3) is 0.483. The number of halogens is 2. The summed E-state index contributed by atoms with van der Waals surface area (Å²) in [7, 11) is 0. The van der Waals surface area contributed by atoms with Crippen LogP contribution in [0.25, 0.3) is 0 Å². The predicted octanol–water partition coefficient (Wildman–Crippen LogP) is 4.75. The molecule has 4 rings (SSSR count). The maximum absolute atomic E-state index is 14.9. The van der Waals surface area contributed by atoms with Crippen LogP contribution in [0.4, 0.5) is 4.39 Å². The Labute approximate surface area is 229 Å². The Bertz CT molecular complexity index is 1180. The van der Waals surface area contributed by atoms with Crippen molar-refractivity contribution in [1.29, 1.82) is 0 Å². The second-order valence-corrected chi connectivity index (χ2v) is 11.4. The minimum absolute atomic E-state index is 0.0870. The van der Waals surface area contributed by atoms with Crippen LogP contribution < -0.4 is 0 Å². The van der Waals surface area contributed by atoms with Gasteiger partial charge >= 0.3 is 0 Å². The summed E-state index contributed by atoms with van der Waals surface area (Å²) in [6, 6.07) is 13.1. The summed E-state index contributed by atoms with van der Waals surface area (Å²) in [5.41, 5.74) is 1.47. The van der Waals surface area contributed by atoms with Crippen LogP contribution in [-0.2, 0) is 14.3 Å². The number of hydrogen-bond acceptors (Lipinski definition) is 5. The predicted molar refractivity (Wildman–Crippen MR) is 147 cm³/mol. The van der Waals surface area contributed by atoms with E-state index in [0.717, 1.165) is 13.1 Å². The molecule has 1 unspecified atom stereocenters. The largest absolute Gasteiger partial charge is 0.379 e. The zero-order valence-corrected chi connectivity index (χ0v) is 23.1. The van der Waals surface area contributed by atoms with Gasteiger partial charge in [0, 0.05) is 55.2 Å². The Morgan fingerprint density at radius 2 is 1.79 bits per heavy atom. The van der Waals surface area contributed by atoms with Crippen LogP contribution in [0.5, 0.6) is 0 Å². The van der Waals surface area contributed by atoms with Gasteiger partial charge in [0.1, 0.15) is 12.4 Å². The van der Waals surface area contributed by atoms with E-state index in [2.05, 4.69) is 10.0 Å². The molecule has 204 valence electrons. The smallest absolute Gasteiger partial charge is 0.262 e. The van der Waals surface area contributed by atoms with E-state index in [1.54, 1.807) is 29.2 Å². The Morgan fingerprint density at radius 3 is 2.47 bits per heavy atom. The van der Waals surface area contributed by atoms with Gasteiger partial charge in [-0.05, 0) is 17.5 Å². The monoisotopic (exact) mass is 542 g/mol. The average Bonchev–Trinajstić information content (AvgIpc) is 3.31. The van der Waals surface area contributed by atoms with Crippen LogP contribution in [0.3, 0.4) is 0 Å². The van der Waals surface area contributed by atoms with Crippen molar-refractivity contribution in [2.24, 2.45) is 10.5 Å². The third-order valence-corrected chi connectivity index (χ3v) is 7.09. The van der Waals surface area contributed by atoms with Gasteiger partial charge < -0.3 is 9.64 Å². The summed E-state index contributed by atoms with van der Waals surface area (Å²) in [5.74, 6) is -0.848. The Kier molecular flexibility index (Phi) is 9.18. The molecule has 38 heavy (non-hydrogen) atoms. The summed E-state index contributed by atoms with van der Waals surface area (Å²) >= 11 is 6.43. The molecule has 0 radical (unpaired) electrons. The first-order chi connectivity index (χ1) is 18.1. The van der Waals surface area contributed by atoms with Gasteiger partial charge in [0.05, 0.1) is 25.0 Å². The molecule has 0 saturated carbocycles. The third-order valence-electron chi connectivity index (χ3n) is 6.77. The maximum atomic E-state index is 14.9. The van der Waals surface area contributed by atoms with Gasteiger partial charge in [0.2, 0.25) is 5.91 Å². The zero-order valence-electron chi connectivity index (χ0n) is 22.3. The fourth-order valence-electron chi connectivity index (χ4n) is 4.77. The van der Waals surface area contributed by atoms with Gasteiger partial charge in [0.15, 0.2) is 0 Å². The minimum atomic E-state index is -0.631. The summed E-state index contributed by atoms with van der Waals surface area (Å²) < 4.78 is 20.3. The number of hydrazone groups is 1. The first-order valence-electron chi connectivity index (χ1n) is 13.1. The highest BCUT2D eigenvalue weighted by Gasteiger charge is 2.36. The van der Waals surface area contributed by atoms with Crippen molar-refractivity contribution >= 4 is 29.1 Å². The molecule has 0 aromatic heterocycles. The second kappa shape index (κ2) is 12.4. The molecule has 0 aliphatic carbocycles. The van der Waals surface area contributed by atoms with E-state index in [-0.39, 0.29) is 23.8 Å². The van der Waals surface area contributed by atoms with Crippen LogP contribution in [0, 0.1) is 11.2 Å². The number of nitrogens with zero attached hydrogens (tertiary/aromatic N) is 4. The first kappa shape index (κ1) is 28.2. The minimum Gasteiger partial charge on any atom is -0.379 e. The van der Waals surface area contributed by atoms with Crippen LogP contribution in [-0.4, -0.2) is 78.3 Å². The first-order valence-corrected chi connectivity index (χ1v) is 13.5. The van der Waals surface area contributed by atoms with Crippen LogP contribution >= 0.6 is 11.6 Å². The molecule has 2 aliphatic rings. The highest BCUT2D eigenvalue weighted by molar-refractivity contribution is 6.34. The van der Waals surface area contributed by atoms with E-state index >= 15 is 0 Å². The summed E-state index contributed by atoms with van der Waals surface area (Å²) in [6.45, 7) is 9.84. The molecule has 0 spiro atoms. The molecule has 7 nitrogen and oxygen atoms in total. The number of morpholine rings is 1. The molecular weight excluding hydrogens is 507 g/mol. The van der Waals surface area contributed by atoms with E-state index in [1.165, 1.54) is 11.1 Å². The number of ether oxygens (including phenoxy) is 1. The molecule has 2 aromatic carbocycles. The van der Waals surface area contributed by atoms with Crippen molar-refractivity contribution in [3.05, 3.63) is 70.5 Å². The number of carbonyl (C=O) groups is 2. The van der Waals surface area contributed by atoms with Crippen molar-refractivity contribution in [1.82, 2.24) is 14.8 Å². The van der Waals surface area contributed by atoms with Crippen molar-refractivity contribution in [3.8, 4) is 0 Å². The standard InChI is InChI=1S/C29H36ClFN4O3/c1-29(2,3)19-27(36)34(13-12-33-14-16-38-17-15-33)20-28(37)35-26(22-9-5-7-11-24(22)31)18-25(32-35)21-8-4-6-10-23(21)30/h4-11,26H,12-20H2,1-3H3. The van der Waals surface area contributed by atoms with Crippen molar-refractivity contribution in [2.45, 2.75) is 39.7 Å². The molecule has 2 aliphatic heterocycles. The van der Waals surface area contributed by atoms with Crippen molar-refractivity contribution in [2.75, 3.05) is 45.9 Å². The maximum Gasteiger partial charge on any atom is 0.262 e. The fourth-order valence-corrected chi connectivity index (χ4v) is 5.01. The Morgan fingerprint density at radius 1 is 1.11 bits per heavy atom. The van der Waals surface area contributed by atoms with Crippen molar-refractivity contribution in [3.63, 3.8) is 0 Å². The number of carbonyl (C=O) groups excluding carboxylic acids is 2. The number of rotatable bonds is 8. The molecule has 1 saturated heterocycles. The normalized spacial score (nSPS) is 18.4. The van der Waals surface area contributed by atoms with Gasteiger partial charge in [-0.25, -0.2) is 9.40 Å². The lowest BCUT2D eigenvalue weighted by Gasteiger charge is -2.32. The van der Waals surface area contributed by atoms with E-state index in [1.807, 2.05) is 39.0 Å². The number of hydrogen-bond donors (Lipinski definition) is 0. The third kappa shape index (κ3) is 7.18. The molecular formula is C29H36ClFN4O3. The summed E-state index contributed by atoms with van der Waals surface area (Å²) in [5, 5.41) is 6.49. The molecule has 2 aromatic rings. The van der Waals surface area contributed by atoms with Gasteiger partial charge in [-0.15, -0.1) is 0 Å². The van der Waals surface area contributed by atoms with Gasteiger partial charge in [-0.3, -0.25) is 14.5 Å². The second-order valence-electron chi connectivity index (χ2n) is 11.0. The average molecular weight is 543 g/mol. The molecule has 2 amide bonds. The lowest BCUT2D eigenvalue weighted by molar-refractivity contribution is -0.142. The van der Waals surface area contributed by atoms with Gasteiger partial charge in [-0.1, -0.05) is 68.8 Å². The molecule has 0 N–H and O–H groups in total. The number of amides is 2. The van der Waals surface area contributed by atoms with E-state index in [0.29, 0.717) is 61.0 Å². The topological polar surface area (TPSA) is 65.5 Å². The summed E-state index contributed by atoms with van der Waals surface area (Å²) in [4.78, 5) is 30.9. The Balaban J connectivity index is 1.59. The lowest BCUT2D eigenvalue weighted by atomic mass is 9.91. The van der Waals surface area contributed by atoms with E-state index in [9.17, 15) is 14.0 Å². The van der Waals surface area contributed by atoms with Crippen LogP contribution in [0.15, 0.2) is 53.6 Å². The quantitative estimate of drug-likeness (QED) is 0.483. The molecule has 1 fully saturated rings. The van der Waals surface area contributed by atoms with E-state index < -0.39 is 11.9 Å². The van der Waals surface area contributed by atoms with Gasteiger partial charge in [-0.2, -0.15) is 5.10 Å². The molecule has 2 heterocycles. The van der Waals surface area contributed by atoms with Crippen LogP contribution in [0.1, 0.15) is 50.8 Å². The highest BCUT2D eigenvalue weighted by Crippen LogP contribution is 2.35. The SMILES string of the molecule is CC(C)(C)CC(=O)N(CCN1CCOCC1)CC(=O)N1N=C(c2ccccc2Cl)CC1c1ccccc1F. The Hall–Kier alpha value is -2.81. The highest BCUT2D eigenvalue weighted by atomic mass is 35.5. The molecule has 9 heteroatoms. The molecule has 0 bridgehead atoms. The number of benzene rings is 2. The van der Waals surface area contributed by atoms with Gasteiger partial charge in [0.25, 0.3) is 5.91 Å². The lowest BCUT2D eigenvalue weighted by Crippen LogP contribution is -2.47. The van der Waals surface area contributed by atoms with Crippen LogP contribution in [0.2, 0.25) is 5.02 Å². The van der Waals surface area contributed by atoms with E-state index in [4.69, 9.17) is 16.3 Å². The molecule has 1 atom stereocenters. The zero-order chi connectivity index (χ0) is 27.3.